The molecule has 5 nitrogen and oxygen atoms in total. The second kappa shape index (κ2) is 7.64. The third-order valence-electron chi connectivity index (χ3n) is 3.64. The lowest BCUT2D eigenvalue weighted by Gasteiger charge is -2.09. The van der Waals surface area contributed by atoms with E-state index in [4.69, 9.17) is 9.47 Å². The molecule has 124 valence electrons. The summed E-state index contributed by atoms with van der Waals surface area (Å²) in [6, 6.07) is 17.0. The summed E-state index contributed by atoms with van der Waals surface area (Å²) in [6.45, 7) is 0.241. The zero-order chi connectivity index (χ0) is 16.8. The fourth-order valence-corrected chi connectivity index (χ4v) is 2.15. The average molecular weight is 325 g/mol. The molecule has 0 unspecified atom stereocenters. The number of ether oxygens (including phenoxy) is 2. The number of benzene rings is 2. The minimum absolute atomic E-state index is 0.00107. The number of hydrogen-bond acceptors (Lipinski definition) is 4. The molecule has 0 aromatic heterocycles. The number of nitrogens with one attached hydrogen (secondary N) is 1. The quantitative estimate of drug-likeness (QED) is 0.794. The Morgan fingerprint density at radius 1 is 1.00 bits per heavy atom. The van der Waals surface area contributed by atoms with E-state index in [2.05, 4.69) is 5.32 Å². The fraction of sp³-hybridized carbons (Fsp3) is 0.263. The number of rotatable bonds is 7. The maximum Gasteiger partial charge on any atom is 0.309 e. The van der Waals surface area contributed by atoms with Gasteiger partial charge < -0.3 is 14.8 Å². The van der Waals surface area contributed by atoms with Gasteiger partial charge in [0, 0.05) is 5.69 Å². The molecule has 2 aromatic rings. The van der Waals surface area contributed by atoms with Crippen LogP contribution in [-0.4, -0.2) is 18.5 Å². The molecule has 1 fully saturated rings. The van der Waals surface area contributed by atoms with Crippen molar-refractivity contribution in [3.63, 3.8) is 0 Å². The van der Waals surface area contributed by atoms with Crippen molar-refractivity contribution in [3.05, 3.63) is 60.2 Å². The van der Waals surface area contributed by atoms with Crippen molar-refractivity contribution in [2.24, 2.45) is 5.92 Å². The molecule has 0 bridgehead atoms. The Bertz CT molecular complexity index is 693. The first kappa shape index (κ1) is 16.1. The molecule has 0 heterocycles. The molecule has 1 N–H and O–H groups in total. The molecule has 0 saturated heterocycles. The van der Waals surface area contributed by atoms with Gasteiger partial charge in [-0.3, -0.25) is 9.59 Å². The van der Waals surface area contributed by atoms with Gasteiger partial charge >= 0.3 is 5.97 Å². The third-order valence-corrected chi connectivity index (χ3v) is 3.64. The van der Waals surface area contributed by atoms with E-state index in [0.29, 0.717) is 12.3 Å². The minimum atomic E-state index is -0.345. The van der Waals surface area contributed by atoms with Crippen LogP contribution in [0.25, 0.3) is 0 Å². The smallest absolute Gasteiger partial charge is 0.309 e. The summed E-state index contributed by atoms with van der Waals surface area (Å²) < 4.78 is 10.6. The maximum absolute atomic E-state index is 11.7. The van der Waals surface area contributed by atoms with Crippen LogP contribution in [0.1, 0.15) is 18.4 Å². The zero-order valence-corrected chi connectivity index (χ0v) is 13.2. The average Bonchev–Trinajstić information content (AvgIpc) is 3.45. The number of anilines is 1. The molecule has 1 aliphatic carbocycles. The van der Waals surface area contributed by atoms with Crippen molar-refractivity contribution in [1.82, 2.24) is 0 Å². The lowest BCUT2D eigenvalue weighted by molar-refractivity contribution is -0.148. The predicted octanol–water partition coefficient (Wildman–Crippen LogP) is 3.16. The van der Waals surface area contributed by atoms with Crippen LogP contribution in [0.4, 0.5) is 5.69 Å². The SMILES string of the molecule is O=C(COC(=O)C1CC1)Nc1ccc(OCc2ccccc2)cc1. The van der Waals surface area contributed by atoms with Crippen molar-refractivity contribution < 1.29 is 19.1 Å². The summed E-state index contributed by atoms with van der Waals surface area (Å²) in [5.41, 5.74) is 1.72. The van der Waals surface area contributed by atoms with Gasteiger partial charge in [0.15, 0.2) is 6.61 Å². The Labute approximate surface area is 140 Å². The van der Waals surface area contributed by atoms with Crippen LogP contribution in [0, 0.1) is 5.92 Å². The molecule has 0 radical (unpaired) electrons. The van der Waals surface area contributed by atoms with Crippen LogP contribution >= 0.6 is 0 Å². The van der Waals surface area contributed by atoms with Gasteiger partial charge in [0.1, 0.15) is 12.4 Å². The van der Waals surface area contributed by atoms with Gasteiger partial charge in [-0.05, 0) is 42.7 Å². The van der Waals surface area contributed by atoms with E-state index in [-0.39, 0.29) is 24.4 Å². The van der Waals surface area contributed by atoms with Crippen LogP contribution in [0.5, 0.6) is 5.75 Å². The van der Waals surface area contributed by atoms with Gasteiger partial charge in [0.25, 0.3) is 5.91 Å². The molecule has 0 atom stereocenters. The largest absolute Gasteiger partial charge is 0.489 e. The normalized spacial score (nSPS) is 13.2. The number of hydrogen-bond donors (Lipinski definition) is 1. The summed E-state index contributed by atoms with van der Waals surface area (Å²) in [5, 5.41) is 2.69. The molecule has 1 saturated carbocycles. The Kier molecular flexibility index (Phi) is 5.11. The van der Waals surface area contributed by atoms with Crippen LogP contribution < -0.4 is 10.1 Å². The van der Waals surface area contributed by atoms with Crippen molar-refractivity contribution in [2.45, 2.75) is 19.4 Å². The van der Waals surface area contributed by atoms with Crippen molar-refractivity contribution >= 4 is 17.6 Å². The zero-order valence-electron chi connectivity index (χ0n) is 13.2. The molecule has 1 aliphatic rings. The van der Waals surface area contributed by atoms with E-state index in [1.54, 1.807) is 24.3 Å². The van der Waals surface area contributed by atoms with Crippen LogP contribution in [0.15, 0.2) is 54.6 Å². The second-order valence-electron chi connectivity index (χ2n) is 5.73. The topological polar surface area (TPSA) is 64.6 Å². The number of amides is 1. The Morgan fingerprint density at radius 3 is 2.38 bits per heavy atom. The molecular formula is C19H19NO4. The standard InChI is InChI=1S/C19H19NO4/c21-18(13-24-19(22)15-6-7-15)20-16-8-10-17(11-9-16)23-12-14-4-2-1-3-5-14/h1-5,8-11,15H,6-7,12-13H2,(H,20,21). The highest BCUT2D eigenvalue weighted by atomic mass is 16.5. The van der Waals surface area contributed by atoms with E-state index >= 15 is 0 Å². The van der Waals surface area contributed by atoms with Gasteiger partial charge in [-0.2, -0.15) is 0 Å². The van der Waals surface area contributed by atoms with Gasteiger partial charge in [-0.1, -0.05) is 30.3 Å². The van der Waals surface area contributed by atoms with Gasteiger partial charge in [0.2, 0.25) is 0 Å². The lowest BCUT2D eigenvalue weighted by Crippen LogP contribution is -2.21. The predicted molar refractivity (Wildman–Crippen MR) is 89.5 cm³/mol. The van der Waals surface area contributed by atoms with Gasteiger partial charge in [0.05, 0.1) is 5.92 Å². The third kappa shape index (κ3) is 4.84. The second-order valence-corrected chi connectivity index (χ2v) is 5.73. The van der Waals surface area contributed by atoms with Crippen LogP contribution in [0.2, 0.25) is 0 Å². The maximum atomic E-state index is 11.7. The Balaban J connectivity index is 1.43. The van der Waals surface area contributed by atoms with E-state index in [1.807, 2.05) is 30.3 Å². The van der Waals surface area contributed by atoms with Crippen molar-refractivity contribution in [3.8, 4) is 5.75 Å². The molecule has 24 heavy (non-hydrogen) atoms. The van der Waals surface area contributed by atoms with E-state index < -0.39 is 0 Å². The molecule has 0 spiro atoms. The number of carbonyl (C=O) groups excluding carboxylic acids is 2. The summed E-state index contributed by atoms with van der Waals surface area (Å²) in [4.78, 5) is 23.1. The first-order valence-corrected chi connectivity index (χ1v) is 7.94. The van der Waals surface area contributed by atoms with E-state index in [0.717, 1.165) is 24.2 Å². The highest BCUT2D eigenvalue weighted by Crippen LogP contribution is 2.30. The van der Waals surface area contributed by atoms with E-state index in [1.165, 1.54) is 0 Å². The number of esters is 1. The first-order chi connectivity index (χ1) is 11.7. The van der Waals surface area contributed by atoms with Crippen molar-refractivity contribution in [2.75, 3.05) is 11.9 Å². The lowest BCUT2D eigenvalue weighted by atomic mass is 10.2. The Morgan fingerprint density at radius 2 is 1.71 bits per heavy atom. The molecule has 0 aliphatic heterocycles. The summed E-state index contributed by atoms with van der Waals surface area (Å²) in [7, 11) is 0. The monoisotopic (exact) mass is 325 g/mol. The summed E-state index contributed by atoms with van der Waals surface area (Å²) in [6.07, 6.45) is 1.73. The first-order valence-electron chi connectivity index (χ1n) is 7.94. The molecule has 3 rings (SSSR count). The Hall–Kier alpha value is -2.82. The van der Waals surface area contributed by atoms with E-state index in [9.17, 15) is 9.59 Å². The van der Waals surface area contributed by atoms with Crippen molar-refractivity contribution in [1.29, 1.82) is 0 Å². The summed E-state index contributed by atoms with van der Waals surface area (Å²) in [5.74, 6) is 0.0904. The molecule has 2 aromatic carbocycles. The van der Waals surface area contributed by atoms with Gasteiger partial charge in [-0.25, -0.2) is 0 Å². The highest BCUT2D eigenvalue weighted by molar-refractivity contribution is 5.93. The van der Waals surface area contributed by atoms with Crippen LogP contribution in [-0.2, 0) is 20.9 Å². The highest BCUT2D eigenvalue weighted by Gasteiger charge is 2.31. The summed E-state index contributed by atoms with van der Waals surface area (Å²) >= 11 is 0. The minimum Gasteiger partial charge on any atom is -0.489 e. The van der Waals surface area contributed by atoms with Gasteiger partial charge in [-0.15, -0.1) is 0 Å². The number of carbonyl (C=O) groups is 2. The fourth-order valence-electron chi connectivity index (χ4n) is 2.15. The molecular weight excluding hydrogens is 306 g/mol. The molecule has 1 amide bonds. The molecule has 5 heteroatoms. The van der Waals surface area contributed by atoms with Crippen LogP contribution in [0.3, 0.4) is 0 Å².